The first kappa shape index (κ1) is 18.3. The van der Waals surface area contributed by atoms with Gasteiger partial charge in [0, 0.05) is 23.7 Å². The van der Waals surface area contributed by atoms with Crippen LogP contribution in [0.15, 0.2) is 66.7 Å². The summed E-state index contributed by atoms with van der Waals surface area (Å²) in [5.41, 5.74) is 2.28. The number of rotatable bonds is 5. The lowest BCUT2D eigenvalue weighted by Gasteiger charge is -2.23. The van der Waals surface area contributed by atoms with E-state index in [4.69, 9.17) is 21.1 Å². The molecule has 4 rings (SSSR count). The molecule has 0 N–H and O–H groups in total. The molecule has 28 heavy (non-hydrogen) atoms. The van der Waals surface area contributed by atoms with Crippen LogP contribution in [0.25, 0.3) is 0 Å². The Kier molecular flexibility index (Phi) is 5.17. The number of halogens is 2. The molecule has 0 atom stereocenters. The van der Waals surface area contributed by atoms with E-state index in [1.54, 1.807) is 41.3 Å². The lowest BCUT2D eigenvalue weighted by atomic mass is 10.1. The highest BCUT2D eigenvalue weighted by Gasteiger charge is 2.19. The molecule has 1 heterocycles. The van der Waals surface area contributed by atoms with Gasteiger partial charge >= 0.3 is 0 Å². The second-order valence-corrected chi connectivity index (χ2v) is 6.92. The zero-order valence-electron chi connectivity index (χ0n) is 14.9. The van der Waals surface area contributed by atoms with Gasteiger partial charge in [-0.2, -0.15) is 0 Å². The summed E-state index contributed by atoms with van der Waals surface area (Å²) in [4.78, 5) is 14.8. The van der Waals surface area contributed by atoms with Gasteiger partial charge in [-0.05, 0) is 59.7 Å². The first-order valence-corrected chi connectivity index (χ1v) is 9.14. The van der Waals surface area contributed by atoms with E-state index in [9.17, 15) is 9.18 Å². The van der Waals surface area contributed by atoms with Crippen molar-refractivity contribution in [3.05, 3.63) is 94.3 Å². The number of carbonyl (C=O) groups excluding carboxylic acids is 1. The number of amides is 1. The van der Waals surface area contributed by atoms with Gasteiger partial charge in [0.15, 0.2) is 11.5 Å². The van der Waals surface area contributed by atoms with Gasteiger partial charge in [0.25, 0.3) is 5.91 Å². The van der Waals surface area contributed by atoms with Gasteiger partial charge in [0.05, 0.1) is 0 Å². The molecule has 142 valence electrons. The molecule has 0 aliphatic carbocycles. The van der Waals surface area contributed by atoms with E-state index in [0.29, 0.717) is 35.2 Å². The molecule has 3 aromatic rings. The Morgan fingerprint density at radius 2 is 1.54 bits per heavy atom. The van der Waals surface area contributed by atoms with Gasteiger partial charge in [0.2, 0.25) is 6.79 Å². The van der Waals surface area contributed by atoms with Crippen LogP contribution in [0.1, 0.15) is 21.5 Å². The topological polar surface area (TPSA) is 38.8 Å². The largest absolute Gasteiger partial charge is 0.454 e. The van der Waals surface area contributed by atoms with E-state index in [0.717, 1.165) is 11.1 Å². The smallest absolute Gasteiger partial charge is 0.254 e. The Balaban J connectivity index is 1.61. The van der Waals surface area contributed by atoms with E-state index >= 15 is 0 Å². The molecule has 0 aromatic heterocycles. The maximum absolute atomic E-state index is 13.2. The molecule has 3 aromatic carbocycles. The summed E-state index contributed by atoms with van der Waals surface area (Å²) in [5.74, 6) is 0.907. The summed E-state index contributed by atoms with van der Waals surface area (Å²) in [6.45, 7) is 0.910. The van der Waals surface area contributed by atoms with Crippen molar-refractivity contribution < 1.29 is 18.7 Å². The Morgan fingerprint density at radius 3 is 2.29 bits per heavy atom. The van der Waals surface area contributed by atoms with Crippen LogP contribution in [0.5, 0.6) is 11.5 Å². The van der Waals surface area contributed by atoms with Crippen molar-refractivity contribution in [2.45, 2.75) is 13.1 Å². The average Bonchev–Trinajstić information content (AvgIpc) is 3.17. The van der Waals surface area contributed by atoms with Crippen LogP contribution in [0.2, 0.25) is 5.02 Å². The van der Waals surface area contributed by atoms with Crippen molar-refractivity contribution in [3.8, 4) is 11.5 Å². The van der Waals surface area contributed by atoms with Gasteiger partial charge < -0.3 is 14.4 Å². The van der Waals surface area contributed by atoms with E-state index in [-0.39, 0.29) is 18.5 Å². The molecular formula is C22H17ClFNO3. The maximum Gasteiger partial charge on any atom is 0.254 e. The molecule has 1 aliphatic rings. The molecule has 0 radical (unpaired) electrons. The van der Waals surface area contributed by atoms with Crippen LogP contribution < -0.4 is 9.47 Å². The first-order chi connectivity index (χ1) is 13.6. The van der Waals surface area contributed by atoms with Gasteiger partial charge in [-0.15, -0.1) is 0 Å². The van der Waals surface area contributed by atoms with Gasteiger partial charge in [0.1, 0.15) is 5.82 Å². The van der Waals surface area contributed by atoms with Crippen LogP contribution in [0.3, 0.4) is 0 Å². The summed E-state index contributed by atoms with van der Waals surface area (Å²) in [7, 11) is 0. The van der Waals surface area contributed by atoms with Crippen molar-refractivity contribution in [1.29, 1.82) is 0 Å². The Bertz CT molecular complexity index is 990. The zero-order chi connectivity index (χ0) is 19.5. The lowest BCUT2D eigenvalue weighted by Crippen LogP contribution is -2.30. The maximum atomic E-state index is 13.2. The standard InChI is InChI=1S/C22H17ClFNO3/c23-18-6-4-17(5-7-18)22(26)25(12-15-1-8-19(24)9-2-15)13-16-3-10-20-21(11-16)28-14-27-20/h1-11H,12-14H2. The molecular weight excluding hydrogens is 381 g/mol. The highest BCUT2D eigenvalue weighted by Crippen LogP contribution is 2.33. The normalized spacial score (nSPS) is 12.1. The predicted molar refractivity (Wildman–Crippen MR) is 104 cm³/mol. The molecule has 0 fully saturated rings. The monoisotopic (exact) mass is 397 g/mol. The minimum atomic E-state index is -0.310. The van der Waals surface area contributed by atoms with Crippen molar-refractivity contribution in [3.63, 3.8) is 0 Å². The highest BCUT2D eigenvalue weighted by molar-refractivity contribution is 6.30. The number of nitrogens with zero attached hydrogens (tertiary/aromatic N) is 1. The molecule has 6 heteroatoms. The fraction of sp³-hybridized carbons (Fsp3) is 0.136. The number of ether oxygens (including phenoxy) is 2. The lowest BCUT2D eigenvalue weighted by molar-refractivity contribution is 0.0730. The fourth-order valence-corrected chi connectivity index (χ4v) is 3.17. The van der Waals surface area contributed by atoms with Crippen molar-refractivity contribution in [1.82, 2.24) is 4.90 Å². The number of hydrogen-bond acceptors (Lipinski definition) is 3. The van der Waals surface area contributed by atoms with E-state index in [1.807, 2.05) is 18.2 Å². The summed E-state index contributed by atoms with van der Waals surface area (Å²) in [6.07, 6.45) is 0. The molecule has 0 unspecified atom stereocenters. The number of fused-ring (bicyclic) bond motifs is 1. The quantitative estimate of drug-likeness (QED) is 0.604. The van der Waals surface area contributed by atoms with Crippen molar-refractivity contribution in [2.75, 3.05) is 6.79 Å². The van der Waals surface area contributed by atoms with Crippen LogP contribution >= 0.6 is 11.6 Å². The summed E-state index contributed by atoms with van der Waals surface area (Å²) >= 11 is 5.94. The zero-order valence-corrected chi connectivity index (χ0v) is 15.7. The molecule has 4 nitrogen and oxygen atoms in total. The van der Waals surface area contributed by atoms with Crippen LogP contribution in [0, 0.1) is 5.82 Å². The van der Waals surface area contributed by atoms with Gasteiger partial charge in [-0.25, -0.2) is 4.39 Å². The fourth-order valence-electron chi connectivity index (χ4n) is 3.04. The second kappa shape index (κ2) is 7.90. The van der Waals surface area contributed by atoms with E-state index in [1.165, 1.54) is 12.1 Å². The highest BCUT2D eigenvalue weighted by atomic mass is 35.5. The van der Waals surface area contributed by atoms with Crippen molar-refractivity contribution in [2.24, 2.45) is 0 Å². The molecule has 0 spiro atoms. The Morgan fingerprint density at radius 1 is 0.893 bits per heavy atom. The van der Waals surface area contributed by atoms with Crippen LogP contribution in [-0.4, -0.2) is 17.6 Å². The predicted octanol–water partition coefficient (Wildman–Crippen LogP) is 5.05. The molecule has 1 aliphatic heterocycles. The third-order valence-electron chi connectivity index (χ3n) is 4.48. The first-order valence-electron chi connectivity index (χ1n) is 8.76. The molecule has 0 saturated heterocycles. The molecule has 1 amide bonds. The third kappa shape index (κ3) is 4.10. The minimum Gasteiger partial charge on any atom is -0.454 e. The number of carbonyl (C=O) groups is 1. The van der Waals surface area contributed by atoms with Crippen molar-refractivity contribution >= 4 is 17.5 Å². The van der Waals surface area contributed by atoms with E-state index in [2.05, 4.69) is 0 Å². The summed E-state index contributed by atoms with van der Waals surface area (Å²) in [6, 6.07) is 18.5. The van der Waals surface area contributed by atoms with Crippen LogP contribution in [0.4, 0.5) is 4.39 Å². The summed E-state index contributed by atoms with van der Waals surface area (Å²) < 4.78 is 24.0. The number of benzene rings is 3. The molecule has 0 bridgehead atoms. The van der Waals surface area contributed by atoms with E-state index < -0.39 is 0 Å². The minimum absolute atomic E-state index is 0.140. The van der Waals surface area contributed by atoms with Gasteiger partial charge in [-0.3, -0.25) is 4.79 Å². The Labute approximate surface area is 167 Å². The Hall–Kier alpha value is -3.05. The summed E-state index contributed by atoms with van der Waals surface area (Å²) in [5, 5.41) is 0.567. The second-order valence-electron chi connectivity index (χ2n) is 6.48. The van der Waals surface area contributed by atoms with Gasteiger partial charge in [-0.1, -0.05) is 29.8 Å². The third-order valence-corrected chi connectivity index (χ3v) is 4.73. The SMILES string of the molecule is O=C(c1ccc(Cl)cc1)N(Cc1ccc(F)cc1)Cc1ccc2c(c1)OCO2. The molecule has 0 saturated carbocycles. The number of hydrogen-bond donors (Lipinski definition) is 0. The van der Waals surface area contributed by atoms with Crippen LogP contribution in [-0.2, 0) is 13.1 Å². The average molecular weight is 398 g/mol.